The summed E-state index contributed by atoms with van der Waals surface area (Å²) in [4.78, 5) is 0. The lowest BCUT2D eigenvalue weighted by atomic mass is 9.94. The van der Waals surface area contributed by atoms with Gasteiger partial charge in [0.25, 0.3) is 0 Å². The standard InChI is InChI=1S/C11H16N2/c12-9-4-1-3-8(7-9)10-5-2-6-11(10)13/h1,3-4,7,10-11H,2,5-6,12-13H2. The Morgan fingerprint density at radius 2 is 2.08 bits per heavy atom. The minimum absolute atomic E-state index is 0.335. The molecule has 4 N–H and O–H groups in total. The molecular weight excluding hydrogens is 160 g/mol. The third-order valence-corrected chi connectivity index (χ3v) is 2.91. The molecule has 0 heterocycles. The molecule has 0 radical (unpaired) electrons. The lowest BCUT2D eigenvalue weighted by molar-refractivity contribution is 0.613. The number of hydrogen-bond donors (Lipinski definition) is 2. The quantitative estimate of drug-likeness (QED) is 0.642. The Hall–Kier alpha value is -1.02. The van der Waals surface area contributed by atoms with Crippen molar-refractivity contribution in [3.63, 3.8) is 0 Å². The summed E-state index contributed by atoms with van der Waals surface area (Å²) < 4.78 is 0. The van der Waals surface area contributed by atoms with Gasteiger partial charge in [-0.1, -0.05) is 18.6 Å². The average Bonchev–Trinajstić information content (AvgIpc) is 2.51. The third kappa shape index (κ3) is 1.68. The van der Waals surface area contributed by atoms with Crippen molar-refractivity contribution in [3.8, 4) is 0 Å². The maximum absolute atomic E-state index is 6.02. The molecule has 0 saturated heterocycles. The van der Waals surface area contributed by atoms with Gasteiger partial charge in [-0.3, -0.25) is 0 Å². The van der Waals surface area contributed by atoms with E-state index in [-0.39, 0.29) is 0 Å². The highest BCUT2D eigenvalue weighted by Gasteiger charge is 2.25. The Balaban J connectivity index is 2.24. The molecule has 0 aliphatic heterocycles. The van der Waals surface area contributed by atoms with Crippen molar-refractivity contribution >= 4 is 5.69 Å². The number of benzene rings is 1. The summed E-state index contributed by atoms with van der Waals surface area (Å²) in [5.74, 6) is 0.531. The van der Waals surface area contributed by atoms with Gasteiger partial charge in [0, 0.05) is 11.7 Å². The van der Waals surface area contributed by atoms with Gasteiger partial charge in [0.2, 0.25) is 0 Å². The minimum atomic E-state index is 0.335. The predicted molar refractivity (Wildman–Crippen MR) is 55.4 cm³/mol. The smallest absolute Gasteiger partial charge is 0.0316 e. The Morgan fingerprint density at radius 1 is 1.23 bits per heavy atom. The molecule has 2 atom stereocenters. The molecule has 2 nitrogen and oxygen atoms in total. The zero-order valence-electron chi connectivity index (χ0n) is 7.74. The van der Waals surface area contributed by atoms with Crippen LogP contribution >= 0.6 is 0 Å². The van der Waals surface area contributed by atoms with Crippen LogP contribution in [0.15, 0.2) is 24.3 Å². The predicted octanol–water partition coefficient (Wildman–Crippen LogP) is 1.86. The van der Waals surface area contributed by atoms with E-state index in [4.69, 9.17) is 11.5 Å². The minimum Gasteiger partial charge on any atom is -0.399 e. The monoisotopic (exact) mass is 176 g/mol. The van der Waals surface area contributed by atoms with Gasteiger partial charge >= 0.3 is 0 Å². The lowest BCUT2D eigenvalue weighted by Crippen LogP contribution is -2.22. The second-order valence-electron chi connectivity index (χ2n) is 3.87. The fourth-order valence-corrected chi connectivity index (χ4v) is 2.19. The molecule has 0 amide bonds. The fourth-order valence-electron chi connectivity index (χ4n) is 2.19. The van der Waals surface area contributed by atoms with Crippen molar-refractivity contribution in [1.82, 2.24) is 0 Å². The average molecular weight is 176 g/mol. The van der Waals surface area contributed by atoms with E-state index in [1.807, 2.05) is 12.1 Å². The van der Waals surface area contributed by atoms with Crippen LogP contribution in [0.1, 0.15) is 30.7 Å². The van der Waals surface area contributed by atoms with Crippen LogP contribution in [-0.4, -0.2) is 6.04 Å². The summed E-state index contributed by atoms with van der Waals surface area (Å²) in [6.45, 7) is 0. The molecular formula is C11H16N2. The van der Waals surface area contributed by atoms with Crippen molar-refractivity contribution in [2.24, 2.45) is 5.73 Å². The van der Waals surface area contributed by atoms with Gasteiger partial charge in [-0.2, -0.15) is 0 Å². The summed E-state index contributed by atoms with van der Waals surface area (Å²) >= 11 is 0. The number of nitrogen functional groups attached to an aromatic ring is 1. The van der Waals surface area contributed by atoms with E-state index < -0.39 is 0 Å². The van der Waals surface area contributed by atoms with Crippen molar-refractivity contribution in [3.05, 3.63) is 29.8 Å². The first-order valence-corrected chi connectivity index (χ1v) is 4.88. The molecule has 1 aromatic carbocycles. The first-order valence-electron chi connectivity index (χ1n) is 4.88. The highest BCUT2D eigenvalue weighted by Crippen LogP contribution is 2.33. The molecule has 13 heavy (non-hydrogen) atoms. The molecule has 2 unspecified atom stereocenters. The zero-order chi connectivity index (χ0) is 9.26. The third-order valence-electron chi connectivity index (χ3n) is 2.91. The van der Waals surface area contributed by atoms with Gasteiger partial charge in [-0.25, -0.2) is 0 Å². The lowest BCUT2D eigenvalue weighted by Gasteiger charge is -2.15. The number of anilines is 1. The molecule has 0 bridgehead atoms. The Kier molecular flexibility index (Phi) is 2.23. The number of nitrogens with two attached hydrogens (primary N) is 2. The van der Waals surface area contributed by atoms with E-state index in [1.54, 1.807) is 0 Å². The highest BCUT2D eigenvalue weighted by molar-refractivity contribution is 5.42. The van der Waals surface area contributed by atoms with Crippen molar-refractivity contribution in [1.29, 1.82) is 0 Å². The van der Waals surface area contributed by atoms with E-state index in [0.717, 1.165) is 12.1 Å². The maximum Gasteiger partial charge on any atom is 0.0316 e. The molecule has 1 fully saturated rings. The summed E-state index contributed by atoms with van der Waals surface area (Å²) in [5, 5.41) is 0. The summed E-state index contributed by atoms with van der Waals surface area (Å²) in [6, 6.07) is 8.45. The normalized spacial score (nSPS) is 27.8. The fraction of sp³-hybridized carbons (Fsp3) is 0.455. The molecule has 1 saturated carbocycles. The van der Waals surface area contributed by atoms with Crippen LogP contribution in [0.3, 0.4) is 0 Å². The zero-order valence-corrected chi connectivity index (χ0v) is 7.74. The van der Waals surface area contributed by atoms with Crippen LogP contribution in [0.2, 0.25) is 0 Å². The van der Waals surface area contributed by atoms with Crippen molar-refractivity contribution in [2.75, 3.05) is 5.73 Å². The topological polar surface area (TPSA) is 52.0 Å². The van der Waals surface area contributed by atoms with Crippen LogP contribution in [0.25, 0.3) is 0 Å². The molecule has 1 aromatic rings. The first-order chi connectivity index (χ1) is 6.27. The molecule has 2 heteroatoms. The molecule has 2 rings (SSSR count). The molecule has 1 aliphatic carbocycles. The van der Waals surface area contributed by atoms with Crippen molar-refractivity contribution < 1.29 is 0 Å². The van der Waals surface area contributed by atoms with Gasteiger partial charge in [-0.05, 0) is 36.5 Å². The molecule has 1 aliphatic rings. The van der Waals surface area contributed by atoms with Gasteiger partial charge in [0.15, 0.2) is 0 Å². The Labute approximate surface area is 78.9 Å². The largest absolute Gasteiger partial charge is 0.399 e. The molecule has 70 valence electrons. The van der Waals surface area contributed by atoms with Gasteiger partial charge in [0.1, 0.15) is 0 Å². The SMILES string of the molecule is Nc1cccc(C2CCCC2N)c1. The van der Waals surface area contributed by atoms with Gasteiger partial charge in [-0.15, -0.1) is 0 Å². The summed E-state index contributed by atoms with van der Waals surface area (Å²) in [7, 11) is 0. The van der Waals surface area contributed by atoms with Crippen LogP contribution < -0.4 is 11.5 Å². The van der Waals surface area contributed by atoms with E-state index in [2.05, 4.69) is 12.1 Å². The second-order valence-corrected chi connectivity index (χ2v) is 3.87. The van der Waals surface area contributed by atoms with E-state index in [9.17, 15) is 0 Å². The molecule has 0 aromatic heterocycles. The summed E-state index contributed by atoms with van der Waals surface area (Å²) in [5.41, 5.74) is 13.9. The Bertz CT molecular complexity index is 296. The van der Waals surface area contributed by atoms with Crippen LogP contribution in [0.5, 0.6) is 0 Å². The second kappa shape index (κ2) is 3.38. The number of rotatable bonds is 1. The number of hydrogen-bond acceptors (Lipinski definition) is 2. The molecule has 0 spiro atoms. The first kappa shape index (κ1) is 8.57. The van der Waals surface area contributed by atoms with Crippen LogP contribution in [-0.2, 0) is 0 Å². The maximum atomic E-state index is 6.02. The summed E-state index contributed by atoms with van der Waals surface area (Å²) in [6.07, 6.45) is 3.62. The highest BCUT2D eigenvalue weighted by atomic mass is 14.7. The van der Waals surface area contributed by atoms with Crippen LogP contribution in [0, 0.1) is 0 Å². The van der Waals surface area contributed by atoms with E-state index >= 15 is 0 Å². The van der Waals surface area contributed by atoms with Crippen LogP contribution in [0.4, 0.5) is 5.69 Å². The van der Waals surface area contributed by atoms with E-state index in [0.29, 0.717) is 12.0 Å². The van der Waals surface area contributed by atoms with Crippen molar-refractivity contribution in [2.45, 2.75) is 31.2 Å². The van der Waals surface area contributed by atoms with E-state index in [1.165, 1.54) is 18.4 Å². The van der Waals surface area contributed by atoms with Gasteiger partial charge < -0.3 is 11.5 Å². The Morgan fingerprint density at radius 3 is 2.69 bits per heavy atom. The van der Waals surface area contributed by atoms with Gasteiger partial charge in [0.05, 0.1) is 0 Å².